The molecular formula is C41H38Si. The van der Waals surface area contributed by atoms with Crippen molar-refractivity contribution in [3.63, 3.8) is 0 Å². The maximum Gasteiger partial charge on any atom is 0.137 e. The Morgan fingerprint density at radius 1 is 0.452 bits per heavy atom. The highest BCUT2D eigenvalue weighted by molar-refractivity contribution is 7.03. The summed E-state index contributed by atoms with van der Waals surface area (Å²) in [5, 5.41) is 4.75. The Bertz CT molecular complexity index is 1760. The zero-order chi connectivity index (χ0) is 29.0. The monoisotopic (exact) mass is 558 g/mol. The van der Waals surface area contributed by atoms with Crippen LogP contribution in [0.25, 0.3) is 34.4 Å². The van der Waals surface area contributed by atoms with E-state index in [0.717, 1.165) is 12.8 Å². The molecule has 0 amide bonds. The van der Waals surface area contributed by atoms with Crippen LogP contribution in [0.15, 0.2) is 114 Å². The maximum atomic E-state index is 2.61. The summed E-state index contributed by atoms with van der Waals surface area (Å²) in [6.45, 7) is 11.6. The van der Waals surface area contributed by atoms with Gasteiger partial charge in [-0.1, -0.05) is 137 Å². The van der Waals surface area contributed by atoms with E-state index in [4.69, 9.17) is 0 Å². The van der Waals surface area contributed by atoms with Gasteiger partial charge < -0.3 is 0 Å². The molecule has 0 bridgehead atoms. The smallest absolute Gasteiger partial charge is 0.0668 e. The van der Waals surface area contributed by atoms with Gasteiger partial charge in [-0.25, -0.2) is 0 Å². The van der Waals surface area contributed by atoms with Crippen LogP contribution in [0.3, 0.4) is 0 Å². The van der Waals surface area contributed by atoms with Crippen molar-refractivity contribution in [1.29, 1.82) is 0 Å². The lowest BCUT2D eigenvalue weighted by Crippen LogP contribution is -2.49. The number of rotatable bonds is 5. The first kappa shape index (κ1) is 26.7. The van der Waals surface area contributed by atoms with Gasteiger partial charge in [0.2, 0.25) is 0 Å². The first-order valence-electron chi connectivity index (χ1n) is 15.2. The molecule has 0 nitrogen and oxygen atoms in total. The molecule has 0 N–H and O–H groups in total. The summed E-state index contributed by atoms with van der Waals surface area (Å²) < 4.78 is 0. The highest BCUT2D eigenvalue weighted by Gasteiger charge is 2.41. The van der Waals surface area contributed by atoms with Crippen molar-refractivity contribution in [2.45, 2.75) is 47.1 Å². The van der Waals surface area contributed by atoms with Gasteiger partial charge in [-0.05, 0) is 107 Å². The summed E-state index contributed by atoms with van der Waals surface area (Å²) in [4.78, 5) is 0. The Morgan fingerprint density at radius 2 is 0.857 bits per heavy atom. The quantitative estimate of drug-likeness (QED) is 0.188. The topological polar surface area (TPSA) is 0 Å². The Hall–Kier alpha value is -4.20. The molecule has 0 heterocycles. The van der Waals surface area contributed by atoms with E-state index in [1.54, 1.807) is 10.4 Å². The molecule has 2 aliphatic carbocycles. The molecular weight excluding hydrogens is 521 g/mol. The number of fused-ring (bicyclic) bond motifs is 2. The normalized spacial score (nSPS) is 13.9. The van der Waals surface area contributed by atoms with Crippen LogP contribution in [0, 0.1) is 27.7 Å². The van der Waals surface area contributed by atoms with E-state index in [9.17, 15) is 0 Å². The third-order valence-electron chi connectivity index (χ3n) is 9.93. The molecule has 0 aliphatic heterocycles. The van der Waals surface area contributed by atoms with Crippen molar-refractivity contribution in [3.05, 3.63) is 158 Å². The van der Waals surface area contributed by atoms with E-state index in [0.29, 0.717) is 0 Å². The van der Waals surface area contributed by atoms with Gasteiger partial charge in [-0.15, -0.1) is 0 Å². The van der Waals surface area contributed by atoms with Gasteiger partial charge in [0.05, 0.1) is 0 Å². The maximum absolute atomic E-state index is 2.61. The minimum atomic E-state index is -2.23. The molecule has 0 atom stereocenters. The molecule has 206 valence electrons. The zero-order valence-corrected chi connectivity index (χ0v) is 26.4. The molecule has 7 rings (SSSR count). The van der Waals surface area contributed by atoms with E-state index < -0.39 is 8.07 Å². The van der Waals surface area contributed by atoms with Crippen LogP contribution in [0.1, 0.15) is 44.5 Å². The molecule has 0 saturated carbocycles. The molecule has 0 radical (unpaired) electrons. The summed E-state index contributed by atoms with van der Waals surface area (Å²) in [5.74, 6) is 0. The van der Waals surface area contributed by atoms with Gasteiger partial charge in [0.15, 0.2) is 0 Å². The SMILES string of the molecule is Cc1cccc(C)c1-c1cccc2c1C=C([Si](C)(C1=Cc3c(cccc3-c3c(C)cccc3C)C1)c1ccccc1)C2. The summed E-state index contributed by atoms with van der Waals surface area (Å²) >= 11 is 0. The van der Waals surface area contributed by atoms with Crippen LogP contribution in [-0.2, 0) is 12.8 Å². The highest BCUT2D eigenvalue weighted by Crippen LogP contribution is 2.44. The molecule has 5 aromatic rings. The summed E-state index contributed by atoms with van der Waals surface area (Å²) in [6, 6.07) is 38.6. The Balaban J connectivity index is 1.40. The average Bonchev–Trinajstić information content (AvgIpc) is 3.63. The number of hydrogen-bond donors (Lipinski definition) is 0. The lowest BCUT2D eigenvalue weighted by molar-refractivity contribution is 1.23. The summed E-state index contributed by atoms with van der Waals surface area (Å²) in [5.41, 5.74) is 16.7. The standard InChI is InChI=1S/C41H38Si/c1-27-13-9-14-28(2)40(27)36-21-11-17-31-23-34(25-38(31)36)42(5,33-19-7-6-8-20-33)35-24-32-18-12-22-37(39(32)26-35)41-29(3)15-10-16-30(41)4/h6-22,25-26H,23-24H2,1-5H3. The lowest BCUT2D eigenvalue weighted by Gasteiger charge is -2.32. The Morgan fingerprint density at radius 3 is 1.29 bits per heavy atom. The van der Waals surface area contributed by atoms with Crippen molar-refractivity contribution in [1.82, 2.24) is 0 Å². The van der Waals surface area contributed by atoms with Crippen LogP contribution in [0.4, 0.5) is 0 Å². The summed E-state index contributed by atoms with van der Waals surface area (Å²) in [6.07, 6.45) is 7.24. The molecule has 0 spiro atoms. The second kappa shape index (κ2) is 10.3. The Kier molecular flexibility index (Phi) is 6.52. The second-order valence-corrected chi connectivity index (χ2v) is 16.6. The van der Waals surface area contributed by atoms with Crippen LogP contribution in [0.5, 0.6) is 0 Å². The zero-order valence-electron chi connectivity index (χ0n) is 25.4. The van der Waals surface area contributed by atoms with E-state index in [1.807, 2.05) is 0 Å². The van der Waals surface area contributed by atoms with E-state index in [2.05, 4.69) is 150 Å². The van der Waals surface area contributed by atoms with E-state index in [-0.39, 0.29) is 0 Å². The van der Waals surface area contributed by atoms with E-state index >= 15 is 0 Å². The first-order chi connectivity index (χ1) is 20.4. The molecule has 0 saturated heterocycles. The fourth-order valence-electron chi connectivity index (χ4n) is 7.64. The predicted molar refractivity (Wildman–Crippen MR) is 184 cm³/mol. The summed E-state index contributed by atoms with van der Waals surface area (Å²) in [7, 11) is -2.23. The van der Waals surface area contributed by atoms with Crippen molar-refractivity contribution >= 4 is 25.4 Å². The van der Waals surface area contributed by atoms with Gasteiger partial charge in [0.1, 0.15) is 8.07 Å². The third-order valence-corrected chi connectivity index (χ3v) is 14.6. The number of benzene rings is 5. The fourth-order valence-corrected chi connectivity index (χ4v) is 11.6. The average molecular weight is 559 g/mol. The van der Waals surface area contributed by atoms with Crippen LogP contribution in [0.2, 0.25) is 6.55 Å². The largest absolute Gasteiger partial charge is 0.137 e. The molecule has 42 heavy (non-hydrogen) atoms. The van der Waals surface area contributed by atoms with Crippen LogP contribution >= 0.6 is 0 Å². The number of hydrogen-bond acceptors (Lipinski definition) is 0. The van der Waals surface area contributed by atoms with Crippen molar-refractivity contribution in [2.24, 2.45) is 0 Å². The number of aryl methyl sites for hydroxylation is 4. The lowest BCUT2D eigenvalue weighted by atomic mass is 9.91. The van der Waals surface area contributed by atoms with Crippen molar-refractivity contribution < 1.29 is 0 Å². The molecule has 1 heteroatoms. The van der Waals surface area contributed by atoms with Gasteiger partial charge in [-0.2, -0.15) is 0 Å². The first-order valence-corrected chi connectivity index (χ1v) is 17.7. The van der Waals surface area contributed by atoms with Gasteiger partial charge in [0.25, 0.3) is 0 Å². The van der Waals surface area contributed by atoms with Gasteiger partial charge >= 0.3 is 0 Å². The van der Waals surface area contributed by atoms with Gasteiger partial charge in [0, 0.05) is 0 Å². The molecule has 0 aromatic heterocycles. The highest BCUT2D eigenvalue weighted by atomic mass is 28.3. The second-order valence-electron chi connectivity index (χ2n) is 12.5. The molecule has 5 aromatic carbocycles. The minimum absolute atomic E-state index is 1.03. The van der Waals surface area contributed by atoms with Crippen LogP contribution < -0.4 is 5.19 Å². The Labute approximate surface area is 252 Å². The van der Waals surface area contributed by atoms with E-state index in [1.165, 1.54) is 71.9 Å². The van der Waals surface area contributed by atoms with Gasteiger partial charge in [-0.3, -0.25) is 0 Å². The molecule has 2 aliphatic rings. The molecule has 0 fully saturated rings. The molecule has 0 unspecified atom stereocenters. The van der Waals surface area contributed by atoms with Crippen molar-refractivity contribution in [3.8, 4) is 22.3 Å². The number of allylic oxidation sites excluding steroid dienone is 2. The minimum Gasteiger partial charge on any atom is -0.0668 e. The predicted octanol–water partition coefficient (Wildman–Crippen LogP) is 9.90. The van der Waals surface area contributed by atoms with Crippen molar-refractivity contribution in [2.75, 3.05) is 0 Å². The fraction of sp³-hybridized carbons (Fsp3) is 0.171. The van der Waals surface area contributed by atoms with Crippen LogP contribution in [-0.4, -0.2) is 8.07 Å². The third kappa shape index (κ3) is 4.18.